The molecule has 0 bridgehead atoms. The topological polar surface area (TPSA) is 75.5 Å². The average molecular weight is 430 g/mol. The summed E-state index contributed by atoms with van der Waals surface area (Å²) in [6, 6.07) is 12.9. The van der Waals surface area contributed by atoms with Crippen LogP contribution in [0.5, 0.6) is 0 Å². The fraction of sp³-hybridized carbons (Fsp3) is 0.286. The van der Waals surface area contributed by atoms with Gasteiger partial charge in [-0.05, 0) is 50.5 Å². The third-order valence-corrected chi connectivity index (χ3v) is 7.03. The summed E-state index contributed by atoms with van der Waals surface area (Å²) in [5.41, 5.74) is 1.76. The molecule has 1 N–H and O–H groups in total. The number of fused-ring (bicyclic) bond motifs is 1. The first-order valence-corrected chi connectivity index (χ1v) is 10.7. The van der Waals surface area contributed by atoms with E-state index in [2.05, 4.69) is 17.1 Å². The number of non-ortho nitro benzene ring substituents is 1. The maximum absolute atomic E-state index is 12.8. The molecule has 8 heteroatoms. The van der Waals surface area contributed by atoms with Crippen molar-refractivity contribution in [3.8, 4) is 0 Å². The summed E-state index contributed by atoms with van der Waals surface area (Å²) in [5.74, 6) is -0.371. The zero-order chi connectivity index (χ0) is 20.5. The molecule has 0 unspecified atom stereocenters. The molecule has 6 nitrogen and oxygen atoms in total. The summed E-state index contributed by atoms with van der Waals surface area (Å²) in [7, 11) is 0. The second-order valence-corrected chi connectivity index (χ2v) is 8.59. The zero-order valence-corrected chi connectivity index (χ0v) is 17.4. The maximum atomic E-state index is 12.8. The van der Waals surface area contributed by atoms with Crippen LogP contribution in [-0.2, 0) is 0 Å². The van der Waals surface area contributed by atoms with Gasteiger partial charge in [0, 0.05) is 35.4 Å². The van der Waals surface area contributed by atoms with Crippen LogP contribution < -0.4 is 10.2 Å². The summed E-state index contributed by atoms with van der Waals surface area (Å²) in [6.45, 7) is 3.28. The van der Waals surface area contributed by atoms with Crippen molar-refractivity contribution in [2.75, 3.05) is 16.8 Å². The number of nitro groups is 1. The minimum atomic E-state index is -0.461. The lowest BCUT2D eigenvalue weighted by molar-refractivity contribution is -0.382. The van der Waals surface area contributed by atoms with E-state index in [0.717, 1.165) is 23.6 Å². The molecule has 1 atom stereocenters. The number of piperidine rings is 1. The van der Waals surface area contributed by atoms with Crippen LogP contribution in [0.4, 0.5) is 17.1 Å². The largest absolute Gasteiger partial charge is 0.369 e. The molecule has 1 amide bonds. The van der Waals surface area contributed by atoms with E-state index in [1.54, 1.807) is 12.1 Å². The number of nitro benzene ring substituents is 1. The molecule has 1 fully saturated rings. The third-order valence-electron chi connectivity index (χ3n) is 5.30. The van der Waals surface area contributed by atoms with Crippen LogP contribution in [0.2, 0.25) is 5.02 Å². The van der Waals surface area contributed by atoms with Gasteiger partial charge in [-0.2, -0.15) is 0 Å². The van der Waals surface area contributed by atoms with E-state index in [0.29, 0.717) is 21.8 Å². The molecular formula is C21H20ClN3O3S. The van der Waals surface area contributed by atoms with Crippen molar-refractivity contribution in [3.05, 3.63) is 62.5 Å². The van der Waals surface area contributed by atoms with Gasteiger partial charge in [-0.25, -0.2) is 0 Å². The van der Waals surface area contributed by atoms with E-state index >= 15 is 0 Å². The summed E-state index contributed by atoms with van der Waals surface area (Å²) < 4.78 is 0.405. The molecule has 1 aromatic heterocycles. The van der Waals surface area contributed by atoms with Gasteiger partial charge in [0.25, 0.3) is 11.6 Å². The lowest BCUT2D eigenvalue weighted by atomic mass is 10.0. The van der Waals surface area contributed by atoms with Gasteiger partial charge in [0.15, 0.2) is 0 Å². The number of rotatable bonds is 4. The van der Waals surface area contributed by atoms with Gasteiger partial charge in [0.2, 0.25) is 0 Å². The summed E-state index contributed by atoms with van der Waals surface area (Å²) in [5, 5.41) is 14.9. The molecule has 1 aliphatic rings. The van der Waals surface area contributed by atoms with Crippen LogP contribution in [0.1, 0.15) is 35.9 Å². The van der Waals surface area contributed by atoms with Gasteiger partial charge < -0.3 is 10.2 Å². The number of halogens is 1. The van der Waals surface area contributed by atoms with Crippen molar-refractivity contribution >= 4 is 56.0 Å². The highest BCUT2D eigenvalue weighted by Gasteiger charge is 2.23. The van der Waals surface area contributed by atoms with Crippen molar-refractivity contribution < 1.29 is 9.72 Å². The molecule has 2 aromatic carbocycles. The van der Waals surface area contributed by atoms with Crippen LogP contribution in [0, 0.1) is 10.1 Å². The highest BCUT2D eigenvalue weighted by molar-refractivity contribution is 7.22. The van der Waals surface area contributed by atoms with E-state index in [1.807, 2.05) is 24.3 Å². The Bertz CT molecular complexity index is 1080. The predicted octanol–water partition coefficient (Wildman–Crippen LogP) is 6.09. The normalized spacial score (nSPS) is 16.8. The Morgan fingerprint density at radius 2 is 2.00 bits per heavy atom. The first kappa shape index (κ1) is 19.7. The Hall–Kier alpha value is -2.64. The number of carbonyl (C=O) groups excluding carboxylic acids is 1. The van der Waals surface area contributed by atoms with E-state index in [9.17, 15) is 14.9 Å². The summed E-state index contributed by atoms with van der Waals surface area (Å²) in [4.78, 5) is 26.2. The predicted molar refractivity (Wildman–Crippen MR) is 119 cm³/mol. The Balaban J connectivity index is 1.56. The number of amides is 1. The highest BCUT2D eigenvalue weighted by Crippen LogP contribution is 2.40. The van der Waals surface area contributed by atoms with Crippen LogP contribution in [0.15, 0.2) is 42.5 Å². The van der Waals surface area contributed by atoms with Crippen molar-refractivity contribution in [2.45, 2.75) is 32.2 Å². The number of hydrogen-bond acceptors (Lipinski definition) is 5. The fourth-order valence-electron chi connectivity index (χ4n) is 3.77. The van der Waals surface area contributed by atoms with Crippen LogP contribution in [0.25, 0.3) is 10.1 Å². The molecule has 3 aromatic rings. The number of thiophene rings is 1. The first-order valence-electron chi connectivity index (χ1n) is 9.49. The molecule has 0 spiro atoms. The molecule has 1 saturated heterocycles. The monoisotopic (exact) mass is 429 g/mol. The van der Waals surface area contributed by atoms with Crippen molar-refractivity contribution in [3.63, 3.8) is 0 Å². The second-order valence-electron chi connectivity index (χ2n) is 7.20. The van der Waals surface area contributed by atoms with Crippen LogP contribution >= 0.6 is 22.9 Å². The van der Waals surface area contributed by atoms with Gasteiger partial charge in [0.05, 0.1) is 9.95 Å². The van der Waals surface area contributed by atoms with E-state index in [4.69, 9.17) is 11.6 Å². The van der Waals surface area contributed by atoms with Gasteiger partial charge in [-0.3, -0.25) is 14.9 Å². The Labute approximate surface area is 177 Å². The molecular weight excluding hydrogens is 410 g/mol. The van der Waals surface area contributed by atoms with Crippen LogP contribution in [-0.4, -0.2) is 23.4 Å². The third kappa shape index (κ3) is 3.80. The number of carbonyl (C=O) groups is 1. The van der Waals surface area contributed by atoms with Gasteiger partial charge >= 0.3 is 0 Å². The van der Waals surface area contributed by atoms with E-state index in [1.165, 1.54) is 25.3 Å². The zero-order valence-electron chi connectivity index (χ0n) is 15.9. The fourth-order valence-corrected chi connectivity index (χ4v) is 5.26. The number of benzene rings is 2. The maximum Gasteiger partial charge on any atom is 0.287 e. The Kier molecular flexibility index (Phi) is 5.43. The standard InChI is InChI=1S/C21H20ClN3O3S/c1-13-5-2-3-12-24(13)15-10-8-14(9-11-15)23-21(26)20-18(22)16-6-4-7-17(25(27)28)19(16)29-20/h4,6-11,13H,2-3,5,12H2,1H3,(H,23,26)/t13-/m1/s1. The first-order chi connectivity index (χ1) is 14.0. The molecule has 4 rings (SSSR count). The number of anilines is 2. The number of nitrogens with one attached hydrogen (secondary N) is 1. The van der Waals surface area contributed by atoms with Crippen molar-refractivity contribution in [2.24, 2.45) is 0 Å². The lowest BCUT2D eigenvalue weighted by Gasteiger charge is -2.35. The smallest absolute Gasteiger partial charge is 0.287 e. The van der Waals surface area contributed by atoms with Crippen LogP contribution in [0.3, 0.4) is 0 Å². The highest BCUT2D eigenvalue weighted by atomic mass is 35.5. The molecule has 2 heterocycles. The van der Waals surface area contributed by atoms with Gasteiger partial charge in [0.1, 0.15) is 9.58 Å². The summed E-state index contributed by atoms with van der Waals surface area (Å²) in [6.07, 6.45) is 3.65. The molecule has 150 valence electrons. The average Bonchev–Trinajstić information content (AvgIpc) is 3.06. The lowest BCUT2D eigenvalue weighted by Crippen LogP contribution is -2.37. The molecule has 0 saturated carbocycles. The SMILES string of the molecule is C[C@@H]1CCCCN1c1ccc(NC(=O)c2sc3c([N+](=O)[O-])cccc3c2Cl)cc1. The number of hydrogen-bond donors (Lipinski definition) is 1. The molecule has 1 aliphatic heterocycles. The molecule has 29 heavy (non-hydrogen) atoms. The minimum absolute atomic E-state index is 0.0477. The quantitative estimate of drug-likeness (QED) is 0.402. The Morgan fingerprint density at radius 3 is 2.69 bits per heavy atom. The number of nitrogens with zero attached hydrogens (tertiary/aromatic N) is 2. The Morgan fingerprint density at radius 1 is 1.24 bits per heavy atom. The van der Waals surface area contributed by atoms with E-state index in [-0.39, 0.29) is 21.5 Å². The summed E-state index contributed by atoms with van der Waals surface area (Å²) >= 11 is 7.40. The van der Waals surface area contributed by atoms with E-state index < -0.39 is 4.92 Å². The minimum Gasteiger partial charge on any atom is -0.369 e. The molecule has 0 radical (unpaired) electrons. The van der Waals surface area contributed by atoms with Crippen molar-refractivity contribution in [1.29, 1.82) is 0 Å². The van der Waals surface area contributed by atoms with Gasteiger partial charge in [-0.15, -0.1) is 11.3 Å². The molecule has 0 aliphatic carbocycles. The van der Waals surface area contributed by atoms with Crippen molar-refractivity contribution in [1.82, 2.24) is 0 Å². The van der Waals surface area contributed by atoms with Gasteiger partial charge in [-0.1, -0.05) is 23.7 Å². The second kappa shape index (κ2) is 8.00.